The van der Waals surface area contributed by atoms with Gasteiger partial charge in [-0.15, -0.1) is 0 Å². The predicted octanol–water partition coefficient (Wildman–Crippen LogP) is 2.26. The van der Waals surface area contributed by atoms with Crippen molar-refractivity contribution in [3.63, 3.8) is 0 Å². The highest BCUT2D eigenvalue weighted by Gasteiger charge is 2.20. The summed E-state index contributed by atoms with van der Waals surface area (Å²) in [6.07, 6.45) is 0.991. The second-order valence-corrected chi connectivity index (χ2v) is 5.27. The lowest BCUT2D eigenvalue weighted by atomic mass is 10.2. The number of halogens is 1. The van der Waals surface area contributed by atoms with Crippen LogP contribution in [0.25, 0.3) is 0 Å². The third-order valence-corrected chi connectivity index (χ3v) is 2.26. The first kappa shape index (κ1) is 14.7. The molecule has 18 heavy (non-hydrogen) atoms. The van der Waals surface area contributed by atoms with Crippen LogP contribution in [0.2, 0.25) is 5.02 Å². The molecule has 3 N–H and O–H groups in total. The maximum absolute atomic E-state index is 11.6. The Kier molecular flexibility index (Phi) is 4.93. The number of carbonyl (C=O) groups is 1. The van der Waals surface area contributed by atoms with Crippen molar-refractivity contribution >= 4 is 17.7 Å². The van der Waals surface area contributed by atoms with Crippen molar-refractivity contribution in [2.75, 3.05) is 6.54 Å². The van der Waals surface area contributed by atoms with Crippen molar-refractivity contribution in [3.8, 4) is 0 Å². The lowest BCUT2D eigenvalue weighted by Crippen LogP contribution is -2.38. The number of nitrogens with zero attached hydrogens (tertiary/aromatic N) is 1. The van der Waals surface area contributed by atoms with E-state index in [2.05, 4.69) is 10.3 Å². The summed E-state index contributed by atoms with van der Waals surface area (Å²) in [4.78, 5) is 15.7. The summed E-state index contributed by atoms with van der Waals surface area (Å²) in [6, 6.07) is 3.03. The molecule has 0 aliphatic carbocycles. The van der Waals surface area contributed by atoms with Crippen molar-refractivity contribution in [2.24, 2.45) is 5.73 Å². The van der Waals surface area contributed by atoms with Crippen LogP contribution in [0.4, 0.5) is 4.79 Å². The van der Waals surface area contributed by atoms with Gasteiger partial charge in [-0.25, -0.2) is 4.79 Å². The number of alkyl carbamates (subject to hydrolysis) is 1. The molecule has 1 unspecified atom stereocenters. The Labute approximate surface area is 112 Å². The van der Waals surface area contributed by atoms with Gasteiger partial charge in [0.1, 0.15) is 5.60 Å². The molecule has 0 radical (unpaired) electrons. The monoisotopic (exact) mass is 271 g/mol. The molecule has 1 aromatic heterocycles. The van der Waals surface area contributed by atoms with Crippen LogP contribution in [0.5, 0.6) is 0 Å². The van der Waals surface area contributed by atoms with Crippen LogP contribution >= 0.6 is 11.6 Å². The molecule has 0 aliphatic rings. The molecule has 0 saturated heterocycles. The molecule has 1 amide bonds. The van der Waals surface area contributed by atoms with Crippen LogP contribution < -0.4 is 11.1 Å². The van der Waals surface area contributed by atoms with Gasteiger partial charge in [0.15, 0.2) is 0 Å². The Balaban J connectivity index is 2.68. The summed E-state index contributed by atoms with van der Waals surface area (Å²) >= 11 is 5.75. The molecule has 1 atom stereocenters. The number of hydrogen-bond acceptors (Lipinski definition) is 4. The molecule has 0 aliphatic heterocycles. The zero-order valence-corrected chi connectivity index (χ0v) is 11.5. The first-order valence-electron chi connectivity index (χ1n) is 5.63. The molecule has 0 saturated carbocycles. The molecule has 6 heteroatoms. The highest BCUT2D eigenvalue weighted by molar-refractivity contribution is 6.30. The van der Waals surface area contributed by atoms with Crippen LogP contribution in [0.15, 0.2) is 18.3 Å². The second kappa shape index (κ2) is 6.02. The SMILES string of the molecule is CC(C)(C)OC(=O)NC(CN)c1ccc(Cl)cn1. The molecule has 1 heterocycles. The van der Waals surface area contributed by atoms with E-state index < -0.39 is 17.7 Å². The predicted molar refractivity (Wildman–Crippen MR) is 70.4 cm³/mol. The van der Waals surface area contributed by atoms with Crippen molar-refractivity contribution in [1.82, 2.24) is 10.3 Å². The van der Waals surface area contributed by atoms with Gasteiger partial charge in [-0.05, 0) is 32.9 Å². The smallest absolute Gasteiger partial charge is 0.408 e. The molecular formula is C12H18ClN3O2. The third kappa shape index (κ3) is 4.89. The molecule has 5 nitrogen and oxygen atoms in total. The van der Waals surface area contributed by atoms with Gasteiger partial charge in [-0.1, -0.05) is 11.6 Å². The Morgan fingerprint density at radius 1 is 1.56 bits per heavy atom. The Morgan fingerprint density at radius 2 is 2.22 bits per heavy atom. The van der Waals surface area contributed by atoms with Crippen molar-refractivity contribution in [1.29, 1.82) is 0 Å². The number of carbonyl (C=O) groups excluding carboxylic acids is 1. The van der Waals surface area contributed by atoms with E-state index in [1.54, 1.807) is 32.9 Å². The fourth-order valence-electron chi connectivity index (χ4n) is 1.30. The number of hydrogen-bond donors (Lipinski definition) is 2. The van der Waals surface area contributed by atoms with Crippen molar-refractivity contribution in [2.45, 2.75) is 32.4 Å². The lowest BCUT2D eigenvalue weighted by molar-refractivity contribution is 0.0504. The number of nitrogens with two attached hydrogens (primary N) is 1. The molecular weight excluding hydrogens is 254 g/mol. The summed E-state index contributed by atoms with van der Waals surface area (Å²) in [6.45, 7) is 5.62. The van der Waals surface area contributed by atoms with Crippen LogP contribution in [-0.2, 0) is 4.74 Å². The van der Waals surface area contributed by atoms with Gasteiger partial charge in [-0.3, -0.25) is 4.98 Å². The summed E-state index contributed by atoms with van der Waals surface area (Å²) in [7, 11) is 0. The zero-order valence-electron chi connectivity index (χ0n) is 10.7. The topological polar surface area (TPSA) is 77.2 Å². The molecule has 0 fully saturated rings. The summed E-state index contributed by atoms with van der Waals surface area (Å²) in [5.41, 5.74) is 5.71. The molecule has 1 aromatic rings. The van der Waals surface area contributed by atoms with Gasteiger partial charge in [0.25, 0.3) is 0 Å². The molecule has 0 aromatic carbocycles. The lowest BCUT2D eigenvalue weighted by Gasteiger charge is -2.22. The van der Waals surface area contributed by atoms with E-state index in [4.69, 9.17) is 22.1 Å². The van der Waals surface area contributed by atoms with Crippen LogP contribution in [0.3, 0.4) is 0 Å². The fourth-order valence-corrected chi connectivity index (χ4v) is 1.41. The second-order valence-electron chi connectivity index (χ2n) is 4.84. The van der Waals surface area contributed by atoms with Crippen molar-refractivity contribution < 1.29 is 9.53 Å². The van der Waals surface area contributed by atoms with Gasteiger partial charge in [-0.2, -0.15) is 0 Å². The van der Waals surface area contributed by atoms with Crippen LogP contribution in [0, 0.1) is 0 Å². The van der Waals surface area contributed by atoms with E-state index in [-0.39, 0.29) is 6.54 Å². The summed E-state index contributed by atoms with van der Waals surface area (Å²) in [5, 5.41) is 3.20. The zero-order chi connectivity index (χ0) is 13.8. The highest BCUT2D eigenvalue weighted by atomic mass is 35.5. The van der Waals surface area contributed by atoms with Gasteiger partial charge in [0.05, 0.1) is 16.8 Å². The first-order valence-corrected chi connectivity index (χ1v) is 6.00. The molecule has 100 valence electrons. The van der Waals surface area contributed by atoms with E-state index in [1.807, 2.05) is 0 Å². The first-order chi connectivity index (χ1) is 8.31. The Hall–Kier alpha value is -1.33. The quantitative estimate of drug-likeness (QED) is 0.884. The van der Waals surface area contributed by atoms with Gasteiger partial charge < -0.3 is 15.8 Å². The van der Waals surface area contributed by atoms with Gasteiger partial charge >= 0.3 is 6.09 Å². The van der Waals surface area contributed by atoms with Crippen LogP contribution in [0.1, 0.15) is 32.5 Å². The number of aromatic nitrogens is 1. The normalized spacial score (nSPS) is 12.9. The maximum atomic E-state index is 11.6. The summed E-state index contributed by atoms with van der Waals surface area (Å²) in [5.74, 6) is 0. The summed E-state index contributed by atoms with van der Waals surface area (Å²) < 4.78 is 5.16. The third-order valence-electron chi connectivity index (χ3n) is 2.03. The number of rotatable bonds is 3. The average Bonchev–Trinajstić information content (AvgIpc) is 2.25. The maximum Gasteiger partial charge on any atom is 0.408 e. The number of ether oxygens (including phenoxy) is 1. The Bertz CT molecular complexity index is 401. The standard InChI is InChI=1S/C12H18ClN3O2/c1-12(2,3)18-11(17)16-10(6-14)9-5-4-8(13)7-15-9/h4-5,7,10H,6,14H2,1-3H3,(H,16,17). The number of nitrogens with one attached hydrogen (secondary N) is 1. The van der Waals surface area contributed by atoms with E-state index in [0.717, 1.165) is 0 Å². The van der Waals surface area contributed by atoms with E-state index in [9.17, 15) is 4.79 Å². The minimum absolute atomic E-state index is 0.230. The number of amides is 1. The minimum atomic E-state index is -0.545. The molecule has 0 spiro atoms. The van der Waals surface area contributed by atoms with Crippen molar-refractivity contribution in [3.05, 3.63) is 29.0 Å². The Morgan fingerprint density at radius 3 is 2.67 bits per heavy atom. The van der Waals surface area contributed by atoms with E-state index >= 15 is 0 Å². The average molecular weight is 272 g/mol. The van der Waals surface area contributed by atoms with Gasteiger partial charge in [0, 0.05) is 12.7 Å². The molecule has 0 bridgehead atoms. The van der Waals surface area contributed by atoms with E-state index in [1.165, 1.54) is 6.20 Å². The largest absolute Gasteiger partial charge is 0.444 e. The van der Waals surface area contributed by atoms with Gasteiger partial charge in [0.2, 0.25) is 0 Å². The highest BCUT2D eigenvalue weighted by Crippen LogP contribution is 2.14. The van der Waals surface area contributed by atoms with Crippen LogP contribution in [-0.4, -0.2) is 23.2 Å². The molecule has 1 rings (SSSR count). The van der Waals surface area contributed by atoms with E-state index in [0.29, 0.717) is 10.7 Å². The minimum Gasteiger partial charge on any atom is -0.444 e. The fraction of sp³-hybridized carbons (Fsp3) is 0.500. The number of pyridine rings is 1.